The molecule has 2 rings (SSSR count). The first kappa shape index (κ1) is 18.0. The largest absolute Gasteiger partial charge is 0.482 e. The molecule has 0 fully saturated rings. The topological polar surface area (TPSA) is 50.7 Å². The third-order valence-corrected chi connectivity index (χ3v) is 3.46. The smallest absolute Gasteiger partial charge is 0.277 e. The molecule has 0 aromatic heterocycles. The molecule has 0 atom stereocenters. The van der Waals surface area contributed by atoms with Gasteiger partial charge in [-0.1, -0.05) is 59.6 Å². The maximum atomic E-state index is 11.7. The first-order valence-electron chi connectivity index (χ1n) is 7.19. The van der Waals surface area contributed by atoms with Crippen molar-refractivity contribution in [2.24, 2.45) is 5.10 Å². The van der Waals surface area contributed by atoms with E-state index in [1.165, 1.54) is 0 Å². The van der Waals surface area contributed by atoms with Crippen LogP contribution in [0.15, 0.2) is 59.7 Å². The van der Waals surface area contributed by atoms with Gasteiger partial charge in [0.2, 0.25) is 0 Å². The second-order valence-electron chi connectivity index (χ2n) is 4.90. The SMILES string of the molecule is CC(/C=C\c1ccccc1)=N/NC(=O)COc1ccc(Cl)cc1Cl. The van der Waals surface area contributed by atoms with Gasteiger partial charge in [0.25, 0.3) is 5.91 Å². The molecule has 124 valence electrons. The fourth-order valence-corrected chi connectivity index (χ4v) is 2.20. The number of hydrogen-bond donors (Lipinski definition) is 1. The predicted molar refractivity (Wildman–Crippen MR) is 98.7 cm³/mol. The Morgan fingerprint density at radius 2 is 1.96 bits per heavy atom. The van der Waals surface area contributed by atoms with Crippen molar-refractivity contribution in [3.8, 4) is 5.75 Å². The zero-order valence-electron chi connectivity index (χ0n) is 13.0. The van der Waals surface area contributed by atoms with Gasteiger partial charge in [0.1, 0.15) is 5.75 Å². The van der Waals surface area contributed by atoms with E-state index in [0.29, 0.717) is 21.5 Å². The fourth-order valence-electron chi connectivity index (χ4n) is 1.74. The van der Waals surface area contributed by atoms with Crippen molar-refractivity contribution in [1.82, 2.24) is 5.43 Å². The van der Waals surface area contributed by atoms with Crippen LogP contribution in [0.4, 0.5) is 0 Å². The Bertz CT molecular complexity index is 759. The molecular weight excluding hydrogens is 347 g/mol. The van der Waals surface area contributed by atoms with Gasteiger partial charge in [-0.05, 0) is 36.8 Å². The zero-order chi connectivity index (χ0) is 17.4. The summed E-state index contributed by atoms with van der Waals surface area (Å²) in [4.78, 5) is 11.7. The molecule has 1 N–H and O–H groups in total. The van der Waals surface area contributed by atoms with Crippen LogP contribution in [-0.4, -0.2) is 18.2 Å². The number of hydrazone groups is 1. The molecule has 4 nitrogen and oxygen atoms in total. The summed E-state index contributed by atoms with van der Waals surface area (Å²) in [5.74, 6) is 0.00868. The minimum Gasteiger partial charge on any atom is -0.482 e. The molecule has 0 saturated heterocycles. The molecule has 24 heavy (non-hydrogen) atoms. The summed E-state index contributed by atoms with van der Waals surface area (Å²) in [5, 5.41) is 4.83. The maximum absolute atomic E-state index is 11.7. The minimum atomic E-state index is -0.381. The summed E-state index contributed by atoms with van der Waals surface area (Å²) in [6.07, 6.45) is 3.72. The second-order valence-corrected chi connectivity index (χ2v) is 5.74. The first-order valence-corrected chi connectivity index (χ1v) is 7.94. The molecule has 0 aliphatic carbocycles. The molecule has 1 amide bonds. The lowest BCUT2D eigenvalue weighted by Crippen LogP contribution is -2.25. The van der Waals surface area contributed by atoms with Crippen LogP contribution in [0.1, 0.15) is 12.5 Å². The van der Waals surface area contributed by atoms with Crippen molar-refractivity contribution in [2.75, 3.05) is 6.61 Å². The average molecular weight is 363 g/mol. The Labute approximate surface area is 150 Å². The summed E-state index contributed by atoms with van der Waals surface area (Å²) in [7, 11) is 0. The van der Waals surface area contributed by atoms with Crippen LogP contribution in [0.3, 0.4) is 0 Å². The van der Waals surface area contributed by atoms with E-state index in [-0.39, 0.29) is 12.5 Å². The lowest BCUT2D eigenvalue weighted by atomic mass is 10.2. The number of benzene rings is 2. The third kappa shape index (κ3) is 6.07. The number of allylic oxidation sites excluding steroid dienone is 1. The number of ether oxygens (including phenoxy) is 1. The van der Waals surface area contributed by atoms with Gasteiger partial charge in [0.05, 0.1) is 10.7 Å². The predicted octanol–water partition coefficient (Wildman–Crippen LogP) is 4.58. The monoisotopic (exact) mass is 362 g/mol. The Balaban J connectivity index is 1.82. The quantitative estimate of drug-likeness (QED) is 0.603. The molecule has 0 radical (unpaired) electrons. The second kappa shape index (κ2) is 9.11. The number of nitrogens with zero attached hydrogens (tertiary/aromatic N) is 1. The highest BCUT2D eigenvalue weighted by Crippen LogP contribution is 2.27. The number of rotatable bonds is 6. The minimum absolute atomic E-state index is 0.194. The van der Waals surface area contributed by atoms with Crippen LogP contribution < -0.4 is 10.2 Å². The molecule has 2 aromatic rings. The van der Waals surface area contributed by atoms with Crippen molar-refractivity contribution in [1.29, 1.82) is 0 Å². The van der Waals surface area contributed by atoms with Gasteiger partial charge >= 0.3 is 0 Å². The molecule has 0 bridgehead atoms. The van der Waals surface area contributed by atoms with E-state index >= 15 is 0 Å². The Hall–Kier alpha value is -2.30. The Kier molecular flexibility index (Phi) is 6.85. The molecule has 2 aromatic carbocycles. The molecule has 0 aliphatic heterocycles. The van der Waals surface area contributed by atoms with Gasteiger partial charge in [-0.2, -0.15) is 5.10 Å². The lowest BCUT2D eigenvalue weighted by Gasteiger charge is -2.07. The highest BCUT2D eigenvalue weighted by atomic mass is 35.5. The normalized spacial score (nSPS) is 11.5. The van der Waals surface area contributed by atoms with Gasteiger partial charge < -0.3 is 4.74 Å². The van der Waals surface area contributed by atoms with E-state index in [1.54, 1.807) is 25.1 Å². The summed E-state index contributed by atoms with van der Waals surface area (Å²) in [5.41, 5.74) is 4.14. The molecule has 0 spiro atoms. The van der Waals surface area contributed by atoms with Crippen LogP contribution in [0, 0.1) is 0 Å². The average Bonchev–Trinajstić information content (AvgIpc) is 2.58. The van der Waals surface area contributed by atoms with Crippen molar-refractivity contribution in [3.63, 3.8) is 0 Å². The van der Waals surface area contributed by atoms with Crippen LogP contribution in [0.25, 0.3) is 6.08 Å². The van der Waals surface area contributed by atoms with Gasteiger partial charge in [0, 0.05) is 5.02 Å². The number of hydrogen-bond acceptors (Lipinski definition) is 3. The number of amides is 1. The van der Waals surface area contributed by atoms with Gasteiger partial charge in [-0.25, -0.2) is 5.43 Å². The van der Waals surface area contributed by atoms with E-state index < -0.39 is 0 Å². The standard InChI is InChI=1S/C18H16Cl2N2O2/c1-13(7-8-14-5-3-2-4-6-14)21-22-18(23)12-24-17-10-9-15(19)11-16(17)20/h2-11H,12H2,1H3,(H,22,23)/b8-7-,21-13-. The highest BCUT2D eigenvalue weighted by molar-refractivity contribution is 6.35. The zero-order valence-corrected chi connectivity index (χ0v) is 14.5. The van der Waals surface area contributed by atoms with E-state index in [0.717, 1.165) is 5.56 Å². The molecular formula is C18H16Cl2N2O2. The van der Waals surface area contributed by atoms with E-state index in [9.17, 15) is 4.79 Å². The van der Waals surface area contributed by atoms with Crippen LogP contribution in [0.5, 0.6) is 5.75 Å². The molecule has 0 heterocycles. The number of halogens is 2. The molecule has 6 heteroatoms. The molecule has 0 saturated carbocycles. The van der Waals surface area contributed by atoms with Gasteiger partial charge in [-0.15, -0.1) is 0 Å². The lowest BCUT2D eigenvalue weighted by molar-refractivity contribution is -0.123. The van der Waals surface area contributed by atoms with Crippen LogP contribution in [0.2, 0.25) is 10.0 Å². The number of carbonyl (C=O) groups is 1. The third-order valence-electron chi connectivity index (χ3n) is 2.93. The maximum Gasteiger partial charge on any atom is 0.277 e. The van der Waals surface area contributed by atoms with E-state index in [4.69, 9.17) is 27.9 Å². The summed E-state index contributed by atoms with van der Waals surface area (Å²) in [6, 6.07) is 14.6. The van der Waals surface area contributed by atoms with Gasteiger partial charge in [0.15, 0.2) is 6.61 Å². The van der Waals surface area contributed by atoms with Crippen molar-refractivity contribution in [2.45, 2.75) is 6.92 Å². The van der Waals surface area contributed by atoms with Crippen molar-refractivity contribution >= 4 is 40.9 Å². The van der Waals surface area contributed by atoms with E-state index in [1.807, 2.05) is 42.5 Å². The Morgan fingerprint density at radius 3 is 2.67 bits per heavy atom. The fraction of sp³-hybridized carbons (Fsp3) is 0.111. The molecule has 0 aliphatic rings. The van der Waals surface area contributed by atoms with Crippen LogP contribution in [-0.2, 0) is 4.79 Å². The molecule has 0 unspecified atom stereocenters. The van der Waals surface area contributed by atoms with Crippen molar-refractivity contribution < 1.29 is 9.53 Å². The first-order chi connectivity index (χ1) is 11.5. The van der Waals surface area contributed by atoms with Crippen LogP contribution >= 0.6 is 23.2 Å². The number of carbonyl (C=O) groups excluding carboxylic acids is 1. The summed E-state index contributed by atoms with van der Waals surface area (Å²) in [6.45, 7) is 1.59. The van der Waals surface area contributed by atoms with Crippen molar-refractivity contribution in [3.05, 3.63) is 70.2 Å². The summed E-state index contributed by atoms with van der Waals surface area (Å²) >= 11 is 11.8. The highest BCUT2D eigenvalue weighted by Gasteiger charge is 2.05. The number of nitrogens with one attached hydrogen (secondary N) is 1. The summed E-state index contributed by atoms with van der Waals surface area (Å²) < 4.78 is 5.33. The van der Waals surface area contributed by atoms with E-state index in [2.05, 4.69) is 10.5 Å². The van der Waals surface area contributed by atoms with Gasteiger partial charge in [-0.3, -0.25) is 4.79 Å². The Morgan fingerprint density at radius 1 is 1.21 bits per heavy atom.